The minimum Gasteiger partial charge on any atom is -0.397 e. The summed E-state index contributed by atoms with van der Waals surface area (Å²) in [6, 6.07) is 6.28. The molecule has 3 N–H and O–H groups in total. The topological polar surface area (TPSA) is 38.0 Å². The van der Waals surface area contributed by atoms with Crippen LogP contribution in [0, 0.1) is 17.5 Å². The Morgan fingerprint density at radius 3 is 2.39 bits per heavy atom. The molecule has 0 aromatic heterocycles. The van der Waals surface area contributed by atoms with E-state index in [1.807, 2.05) is 0 Å². The van der Waals surface area contributed by atoms with Crippen LogP contribution in [0.3, 0.4) is 0 Å². The Hall–Kier alpha value is -1.69. The van der Waals surface area contributed by atoms with Gasteiger partial charge in [0.2, 0.25) is 0 Å². The van der Waals surface area contributed by atoms with Crippen molar-refractivity contribution in [2.24, 2.45) is 0 Å². The van der Waals surface area contributed by atoms with Gasteiger partial charge in [0.15, 0.2) is 11.6 Å². The average molecular weight is 317 g/mol. The van der Waals surface area contributed by atoms with Crippen molar-refractivity contribution in [2.45, 2.75) is 0 Å². The fraction of sp³-hybridized carbons (Fsp3) is 0. The van der Waals surface area contributed by atoms with Crippen LogP contribution in [0.15, 0.2) is 34.8 Å². The summed E-state index contributed by atoms with van der Waals surface area (Å²) in [4.78, 5) is 0. The van der Waals surface area contributed by atoms with Crippen LogP contribution >= 0.6 is 15.9 Å². The van der Waals surface area contributed by atoms with Crippen molar-refractivity contribution in [3.05, 3.63) is 52.3 Å². The third kappa shape index (κ3) is 2.43. The van der Waals surface area contributed by atoms with Gasteiger partial charge < -0.3 is 11.1 Å². The number of rotatable bonds is 2. The van der Waals surface area contributed by atoms with Gasteiger partial charge in [-0.05, 0) is 30.3 Å². The lowest BCUT2D eigenvalue weighted by Crippen LogP contribution is -2.02. The summed E-state index contributed by atoms with van der Waals surface area (Å²) in [5.41, 5.74) is 5.24. The molecule has 6 heteroatoms. The van der Waals surface area contributed by atoms with Gasteiger partial charge in [0, 0.05) is 4.47 Å². The highest BCUT2D eigenvalue weighted by atomic mass is 79.9. The Morgan fingerprint density at radius 1 is 1.00 bits per heavy atom. The lowest BCUT2D eigenvalue weighted by molar-refractivity contribution is 0.512. The maximum absolute atomic E-state index is 13.6. The molecule has 0 fully saturated rings. The molecule has 0 aliphatic carbocycles. The zero-order valence-corrected chi connectivity index (χ0v) is 10.6. The molecule has 94 valence electrons. The summed E-state index contributed by atoms with van der Waals surface area (Å²) in [5, 5.41) is 2.44. The molecule has 18 heavy (non-hydrogen) atoms. The number of nitrogen functional groups attached to an aromatic ring is 1. The summed E-state index contributed by atoms with van der Waals surface area (Å²) in [6.07, 6.45) is 0. The first-order chi connectivity index (χ1) is 8.49. The summed E-state index contributed by atoms with van der Waals surface area (Å²) in [7, 11) is 0. The first-order valence-corrected chi connectivity index (χ1v) is 5.74. The van der Waals surface area contributed by atoms with E-state index in [0.29, 0.717) is 4.47 Å². The Morgan fingerprint density at radius 2 is 1.72 bits per heavy atom. The minimum atomic E-state index is -1.14. The van der Waals surface area contributed by atoms with Crippen LogP contribution < -0.4 is 11.1 Å². The van der Waals surface area contributed by atoms with Crippen LogP contribution in [0.5, 0.6) is 0 Å². The molecule has 0 spiro atoms. The highest BCUT2D eigenvalue weighted by Crippen LogP contribution is 2.30. The summed E-state index contributed by atoms with van der Waals surface area (Å²) >= 11 is 3.10. The average Bonchev–Trinajstić information content (AvgIpc) is 2.32. The molecule has 0 saturated heterocycles. The second kappa shape index (κ2) is 4.89. The smallest absolute Gasteiger partial charge is 0.184 e. The molecule has 0 aliphatic heterocycles. The molecule has 0 unspecified atom stereocenters. The third-order valence-corrected chi connectivity index (χ3v) is 2.81. The predicted molar refractivity (Wildman–Crippen MR) is 68.2 cm³/mol. The van der Waals surface area contributed by atoms with E-state index in [0.717, 1.165) is 6.07 Å². The number of benzene rings is 2. The van der Waals surface area contributed by atoms with Crippen molar-refractivity contribution in [3.8, 4) is 0 Å². The SMILES string of the molecule is Nc1ccc(F)c(F)c1Nc1ccc(Br)cc1F. The van der Waals surface area contributed by atoms with Crippen LogP contribution in [0.4, 0.5) is 30.2 Å². The van der Waals surface area contributed by atoms with Crippen LogP contribution in [-0.2, 0) is 0 Å². The van der Waals surface area contributed by atoms with E-state index in [1.54, 1.807) is 6.07 Å². The molecule has 0 atom stereocenters. The molecule has 0 radical (unpaired) electrons. The quantitative estimate of drug-likeness (QED) is 0.815. The van der Waals surface area contributed by atoms with Crippen LogP contribution in [0.1, 0.15) is 0 Å². The Kier molecular flexibility index (Phi) is 3.47. The van der Waals surface area contributed by atoms with E-state index in [2.05, 4.69) is 21.2 Å². The Bertz CT molecular complexity index is 602. The number of halogens is 4. The number of hydrogen-bond donors (Lipinski definition) is 2. The maximum atomic E-state index is 13.6. The minimum absolute atomic E-state index is 0.00350. The van der Waals surface area contributed by atoms with Gasteiger partial charge in [0.05, 0.1) is 11.4 Å². The van der Waals surface area contributed by atoms with Crippen molar-refractivity contribution in [1.82, 2.24) is 0 Å². The van der Waals surface area contributed by atoms with Crippen molar-refractivity contribution < 1.29 is 13.2 Å². The lowest BCUT2D eigenvalue weighted by Gasteiger charge is -2.11. The lowest BCUT2D eigenvalue weighted by atomic mass is 10.2. The largest absolute Gasteiger partial charge is 0.397 e. The number of hydrogen-bond acceptors (Lipinski definition) is 2. The van der Waals surface area contributed by atoms with Gasteiger partial charge in [0.25, 0.3) is 0 Å². The second-order valence-corrected chi connectivity index (χ2v) is 4.49. The van der Waals surface area contributed by atoms with Gasteiger partial charge >= 0.3 is 0 Å². The third-order valence-electron chi connectivity index (χ3n) is 2.32. The molecular weight excluding hydrogens is 309 g/mol. The first-order valence-electron chi connectivity index (χ1n) is 4.94. The van der Waals surface area contributed by atoms with Crippen molar-refractivity contribution in [2.75, 3.05) is 11.1 Å². The molecule has 0 bridgehead atoms. The first kappa shape index (κ1) is 12.8. The van der Waals surface area contributed by atoms with Crippen molar-refractivity contribution >= 4 is 33.0 Å². The van der Waals surface area contributed by atoms with Gasteiger partial charge in [-0.1, -0.05) is 15.9 Å². The van der Waals surface area contributed by atoms with Gasteiger partial charge in [-0.2, -0.15) is 0 Å². The van der Waals surface area contributed by atoms with E-state index in [9.17, 15) is 13.2 Å². The van der Waals surface area contributed by atoms with Crippen LogP contribution in [0.25, 0.3) is 0 Å². The van der Waals surface area contributed by atoms with Gasteiger partial charge in [-0.25, -0.2) is 13.2 Å². The van der Waals surface area contributed by atoms with Crippen molar-refractivity contribution in [3.63, 3.8) is 0 Å². The fourth-order valence-electron chi connectivity index (χ4n) is 1.42. The van der Waals surface area contributed by atoms with E-state index in [-0.39, 0.29) is 17.1 Å². The Labute approximate surface area is 110 Å². The second-order valence-electron chi connectivity index (χ2n) is 3.57. The Balaban J connectivity index is 2.43. The molecule has 2 rings (SSSR count). The van der Waals surface area contributed by atoms with Crippen LogP contribution in [0.2, 0.25) is 0 Å². The molecule has 2 nitrogen and oxygen atoms in total. The highest BCUT2D eigenvalue weighted by Gasteiger charge is 2.13. The molecule has 0 heterocycles. The van der Waals surface area contributed by atoms with E-state index >= 15 is 0 Å². The molecule has 2 aromatic rings. The van der Waals surface area contributed by atoms with Gasteiger partial charge in [-0.15, -0.1) is 0 Å². The van der Waals surface area contributed by atoms with E-state index in [4.69, 9.17) is 5.73 Å². The molecule has 0 aliphatic rings. The predicted octanol–water partition coefficient (Wildman–Crippen LogP) is 4.19. The molecule has 2 aromatic carbocycles. The van der Waals surface area contributed by atoms with Crippen molar-refractivity contribution in [1.29, 1.82) is 0 Å². The number of nitrogens with one attached hydrogen (secondary N) is 1. The molecule has 0 amide bonds. The maximum Gasteiger partial charge on any atom is 0.184 e. The zero-order chi connectivity index (χ0) is 13.3. The van der Waals surface area contributed by atoms with Gasteiger partial charge in [0.1, 0.15) is 11.5 Å². The zero-order valence-electron chi connectivity index (χ0n) is 8.98. The highest BCUT2D eigenvalue weighted by molar-refractivity contribution is 9.10. The molecule has 0 saturated carbocycles. The van der Waals surface area contributed by atoms with E-state index < -0.39 is 17.5 Å². The fourth-order valence-corrected chi connectivity index (χ4v) is 1.75. The van der Waals surface area contributed by atoms with Gasteiger partial charge in [-0.3, -0.25) is 0 Å². The normalized spacial score (nSPS) is 10.4. The standard InChI is InChI=1S/C12H8BrF3N2/c13-6-1-4-10(8(15)5-6)18-12-9(17)3-2-7(14)11(12)16/h1-5,18H,17H2. The number of nitrogens with two attached hydrogens (primary N) is 1. The summed E-state index contributed by atoms with van der Waals surface area (Å²) < 4.78 is 40.7. The van der Waals surface area contributed by atoms with E-state index in [1.165, 1.54) is 18.2 Å². The van der Waals surface area contributed by atoms with Crippen LogP contribution in [-0.4, -0.2) is 0 Å². The monoisotopic (exact) mass is 316 g/mol. The summed E-state index contributed by atoms with van der Waals surface area (Å²) in [5.74, 6) is -2.80. The molecular formula is C12H8BrF3N2. The summed E-state index contributed by atoms with van der Waals surface area (Å²) in [6.45, 7) is 0. The number of anilines is 3.